The highest BCUT2D eigenvalue weighted by molar-refractivity contribution is 5.89. The lowest BCUT2D eigenvalue weighted by molar-refractivity contribution is -0.167. The molecule has 1 aliphatic heterocycles. The van der Waals surface area contributed by atoms with Gasteiger partial charge in [-0.2, -0.15) is 4.98 Å². The second kappa shape index (κ2) is 7.43. The highest BCUT2D eigenvalue weighted by atomic mass is 16.5. The predicted molar refractivity (Wildman–Crippen MR) is 87.0 cm³/mol. The van der Waals surface area contributed by atoms with Gasteiger partial charge in [-0.05, 0) is 12.5 Å². The Morgan fingerprint density at radius 1 is 1.36 bits per heavy atom. The summed E-state index contributed by atoms with van der Waals surface area (Å²) >= 11 is 0. The van der Waals surface area contributed by atoms with Crippen molar-refractivity contribution in [2.45, 2.75) is 32.2 Å². The van der Waals surface area contributed by atoms with Crippen molar-refractivity contribution in [3.05, 3.63) is 48.1 Å². The minimum Gasteiger partial charge on any atom is -0.366 e. The van der Waals surface area contributed by atoms with Crippen LogP contribution in [0.4, 0.5) is 0 Å². The van der Waals surface area contributed by atoms with Gasteiger partial charge in [-0.15, -0.1) is 0 Å². The van der Waals surface area contributed by atoms with Gasteiger partial charge in [0.1, 0.15) is 12.6 Å². The number of benzene rings is 1. The Kier molecular flexibility index (Phi) is 5.08. The van der Waals surface area contributed by atoms with Gasteiger partial charge >= 0.3 is 0 Å². The fraction of sp³-hybridized carbons (Fsp3) is 0.412. The van der Waals surface area contributed by atoms with Crippen molar-refractivity contribution in [2.24, 2.45) is 0 Å². The van der Waals surface area contributed by atoms with Crippen molar-refractivity contribution in [2.75, 3.05) is 13.7 Å². The lowest BCUT2D eigenvalue weighted by atomic mass is 10.0. The highest BCUT2D eigenvalue weighted by Crippen LogP contribution is 2.20. The van der Waals surface area contributed by atoms with Gasteiger partial charge in [-0.25, -0.2) is 0 Å². The van der Waals surface area contributed by atoms with E-state index < -0.39 is 12.1 Å². The van der Waals surface area contributed by atoms with Crippen molar-refractivity contribution in [3.8, 4) is 0 Å². The molecule has 8 nitrogen and oxygen atoms in total. The van der Waals surface area contributed by atoms with E-state index in [1.807, 2.05) is 30.3 Å². The molecule has 1 aliphatic rings. The summed E-state index contributed by atoms with van der Waals surface area (Å²) in [6, 6.07) is 8.88. The largest absolute Gasteiger partial charge is 0.366 e. The van der Waals surface area contributed by atoms with Crippen LogP contribution in [0, 0.1) is 0 Å². The Bertz CT molecular complexity index is 720. The third-order valence-corrected chi connectivity index (χ3v) is 4.18. The molecule has 1 aromatic heterocycles. The monoisotopic (exact) mass is 344 g/mol. The van der Waals surface area contributed by atoms with Crippen LogP contribution in [0.3, 0.4) is 0 Å². The van der Waals surface area contributed by atoms with E-state index in [1.165, 1.54) is 11.3 Å². The molecule has 0 radical (unpaired) electrons. The highest BCUT2D eigenvalue weighted by Gasteiger charge is 2.40. The first-order chi connectivity index (χ1) is 12.1. The van der Waals surface area contributed by atoms with E-state index in [4.69, 9.17) is 9.26 Å². The van der Waals surface area contributed by atoms with Gasteiger partial charge in [0.05, 0.1) is 12.6 Å². The second-order valence-corrected chi connectivity index (χ2v) is 6.01. The molecule has 2 amide bonds. The summed E-state index contributed by atoms with van der Waals surface area (Å²) in [5.74, 6) is -0.0179. The van der Waals surface area contributed by atoms with Crippen molar-refractivity contribution >= 4 is 11.8 Å². The lowest BCUT2D eigenvalue weighted by Gasteiger charge is -2.40. The maximum Gasteiger partial charge on any atom is 0.249 e. The molecule has 1 saturated heterocycles. The van der Waals surface area contributed by atoms with Gasteiger partial charge in [-0.3, -0.25) is 9.59 Å². The third kappa shape index (κ3) is 3.85. The number of hydrogen-bond donors (Lipinski definition) is 0. The molecule has 0 unspecified atom stereocenters. The van der Waals surface area contributed by atoms with Crippen LogP contribution in [0.5, 0.6) is 0 Å². The van der Waals surface area contributed by atoms with Gasteiger partial charge < -0.3 is 19.1 Å². The molecule has 3 rings (SSSR count). The van der Waals surface area contributed by atoms with E-state index in [0.29, 0.717) is 12.4 Å². The number of rotatable bonds is 5. The van der Waals surface area contributed by atoms with E-state index in [9.17, 15) is 9.59 Å². The van der Waals surface area contributed by atoms with Gasteiger partial charge in [-0.1, -0.05) is 35.5 Å². The molecule has 0 N–H and O–H groups in total. The Labute approximate surface area is 145 Å². The van der Waals surface area contributed by atoms with Crippen LogP contribution in [0.25, 0.3) is 0 Å². The molecule has 132 valence electrons. The van der Waals surface area contributed by atoms with Gasteiger partial charge in [0.25, 0.3) is 0 Å². The van der Waals surface area contributed by atoms with Crippen molar-refractivity contribution < 1.29 is 18.8 Å². The zero-order valence-electron chi connectivity index (χ0n) is 14.2. The molecule has 0 aliphatic carbocycles. The molecule has 0 bridgehead atoms. The first kappa shape index (κ1) is 17.1. The third-order valence-electron chi connectivity index (χ3n) is 4.18. The fourth-order valence-corrected chi connectivity index (χ4v) is 2.86. The van der Waals surface area contributed by atoms with Crippen LogP contribution in [0.1, 0.15) is 18.3 Å². The quantitative estimate of drug-likeness (QED) is 0.799. The van der Waals surface area contributed by atoms with Crippen LogP contribution in [-0.2, 0) is 27.4 Å². The van der Waals surface area contributed by atoms with Crippen LogP contribution in [-0.4, -0.2) is 57.6 Å². The number of ether oxygens (including phenoxy) is 1. The molecule has 25 heavy (non-hydrogen) atoms. The first-order valence-corrected chi connectivity index (χ1v) is 8.01. The molecule has 8 heteroatoms. The number of hydrogen-bond acceptors (Lipinski definition) is 6. The molecule has 1 aromatic carbocycles. The minimum absolute atomic E-state index is 0.0215. The molecule has 2 atom stereocenters. The normalized spacial score (nSPS) is 20.6. The number of aromatic nitrogens is 2. The number of likely N-dealkylation sites (N-methyl/N-ethyl adjacent to an activating group) is 1. The van der Waals surface area contributed by atoms with Crippen molar-refractivity contribution in [1.29, 1.82) is 0 Å². The summed E-state index contributed by atoms with van der Waals surface area (Å²) in [7, 11) is 1.64. The summed E-state index contributed by atoms with van der Waals surface area (Å²) in [6.45, 7) is 2.34. The van der Waals surface area contributed by atoms with Crippen LogP contribution in [0.2, 0.25) is 0 Å². The number of morpholine rings is 1. The molecule has 1 fully saturated rings. The molecule has 0 saturated carbocycles. The smallest absolute Gasteiger partial charge is 0.249 e. The maximum absolute atomic E-state index is 12.9. The minimum atomic E-state index is -0.696. The summed E-state index contributed by atoms with van der Waals surface area (Å²) in [5, 5.41) is 3.71. The van der Waals surface area contributed by atoms with Crippen molar-refractivity contribution in [3.63, 3.8) is 0 Å². The second-order valence-electron chi connectivity index (χ2n) is 6.01. The van der Waals surface area contributed by atoms with Gasteiger partial charge in [0, 0.05) is 13.6 Å². The SMILES string of the molecule is C[C@H]1OCC(=O)N(Cc2ccccc2)[C@@H]1C(=O)N(C)Cc1ncon1. The topological polar surface area (TPSA) is 88.8 Å². The summed E-state index contributed by atoms with van der Waals surface area (Å²) in [5.41, 5.74) is 0.962. The summed E-state index contributed by atoms with van der Waals surface area (Å²) in [6.07, 6.45) is 0.812. The van der Waals surface area contributed by atoms with Gasteiger partial charge in [0.2, 0.25) is 18.2 Å². The van der Waals surface area contributed by atoms with Crippen molar-refractivity contribution in [1.82, 2.24) is 19.9 Å². The molecular formula is C17H20N4O4. The molecular weight excluding hydrogens is 324 g/mol. The standard InChI is InChI=1S/C17H20N4O4/c1-12-16(17(23)20(2)9-14-18-11-25-19-14)21(15(22)10-24-12)8-13-6-4-3-5-7-13/h3-7,11-12,16H,8-10H2,1-2H3/t12-,16+/m1/s1. The number of carbonyl (C=O) groups excluding carboxylic acids is 2. The maximum atomic E-state index is 12.9. The van der Waals surface area contributed by atoms with E-state index in [1.54, 1.807) is 18.9 Å². The lowest BCUT2D eigenvalue weighted by Crippen LogP contribution is -2.59. The first-order valence-electron chi connectivity index (χ1n) is 8.01. The number of nitrogens with zero attached hydrogens (tertiary/aromatic N) is 4. The van der Waals surface area contributed by atoms with Gasteiger partial charge in [0.15, 0.2) is 5.82 Å². The Hall–Kier alpha value is -2.74. The molecule has 2 aromatic rings. The zero-order valence-corrected chi connectivity index (χ0v) is 14.2. The fourth-order valence-electron chi connectivity index (χ4n) is 2.86. The number of amides is 2. The Balaban J connectivity index is 1.78. The van der Waals surface area contributed by atoms with Crippen LogP contribution in [0.15, 0.2) is 41.2 Å². The van der Waals surface area contributed by atoms with Crippen LogP contribution < -0.4 is 0 Å². The Morgan fingerprint density at radius 2 is 2.12 bits per heavy atom. The zero-order chi connectivity index (χ0) is 17.8. The average Bonchev–Trinajstić information content (AvgIpc) is 3.12. The van der Waals surface area contributed by atoms with Crippen LogP contribution >= 0.6 is 0 Å². The summed E-state index contributed by atoms with van der Waals surface area (Å²) < 4.78 is 10.2. The number of carbonyl (C=O) groups is 2. The summed E-state index contributed by atoms with van der Waals surface area (Å²) in [4.78, 5) is 32.3. The van der Waals surface area contributed by atoms with E-state index in [0.717, 1.165) is 5.56 Å². The Morgan fingerprint density at radius 3 is 2.80 bits per heavy atom. The molecule has 0 spiro atoms. The average molecular weight is 344 g/mol. The van der Waals surface area contributed by atoms with E-state index >= 15 is 0 Å². The van der Waals surface area contributed by atoms with E-state index in [2.05, 4.69) is 10.1 Å². The van der Waals surface area contributed by atoms with E-state index in [-0.39, 0.29) is 25.0 Å². The predicted octanol–water partition coefficient (Wildman–Crippen LogP) is 0.844. The molecule has 2 heterocycles.